The molecule has 0 unspecified atom stereocenters. The van der Waals surface area contributed by atoms with Crippen LogP contribution in [0.3, 0.4) is 0 Å². The number of benzene rings is 1. The van der Waals surface area contributed by atoms with E-state index < -0.39 is 10.0 Å². The lowest BCUT2D eigenvalue weighted by atomic mass is 10.1. The Bertz CT molecular complexity index is 437. The van der Waals surface area contributed by atoms with E-state index in [4.69, 9.17) is 10.9 Å². The molecule has 5 nitrogen and oxygen atoms in total. The Morgan fingerprint density at radius 3 is 2.62 bits per heavy atom. The van der Waals surface area contributed by atoms with Crippen molar-refractivity contribution < 1.29 is 8.42 Å². The Hall–Kier alpha value is -1.27. The molecule has 0 heterocycles. The van der Waals surface area contributed by atoms with E-state index in [0.717, 1.165) is 11.3 Å². The van der Waals surface area contributed by atoms with Crippen molar-refractivity contribution in [3.63, 3.8) is 0 Å². The normalized spacial score (nSPS) is 11.4. The van der Waals surface area contributed by atoms with E-state index in [9.17, 15) is 8.42 Å². The highest BCUT2D eigenvalue weighted by Crippen LogP contribution is 2.22. The maximum atomic E-state index is 10.7. The van der Waals surface area contributed by atoms with Crippen molar-refractivity contribution in [2.45, 2.75) is 13.3 Å². The highest BCUT2D eigenvalue weighted by Gasteiger charge is 2.04. The van der Waals surface area contributed by atoms with Crippen LogP contribution in [-0.4, -0.2) is 20.7 Å². The minimum Gasteiger partial charge on any atom is -0.397 e. The predicted octanol–water partition coefficient (Wildman–Crippen LogP) is 0.668. The zero-order valence-corrected chi connectivity index (χ0v) is 10.0. The molecule has 1 aromatic carbocycles. The lowest BCUT2D eigenvalue weighted by Crippen LogP contribution is -2.19. The molecule has 0 fully saturated rings. The largest absolute Gasteiger partial charge is 0.397 e. The zero-order chi connectivity index (χ0) is 12.2. The van der Waals surface area contributed by atoms with Crippen molar-refractivity contribution in [2.75, 3.05) is 23.3 Å². The maximum absolute atomic E-state index is 10.7. The zero-order valence-electron chi connectivity index (χ0n) is 9.23. The fraction of sp³-hybridized carbons (Fsp3) is 0.400. The number of nitrogens with two attached hydrogens (primary N) is 2. The van der Waals surface area contributed by atoms with E-state index in [1.165, 1.54) is 0 Å². The molecule has 0 aliphatic heterocycles. The third-order valence-corrected chi connectivity index (χ3v) is 3.07. The first-order valence-corrected chi connectivity index (χ1v) is 6.71. The lowest BCUT2D eigenvalue weighted by Gasteiger charge is -2.11. The van der Waals surface area contributed by atoms with Crippen LogP contribution in [0.1, 0.15) is 12.0 Å². The van der Waals surface area contributed by atoms with Gasteiger partial charge < -0.3 is 11.1 Å². The van der Waals surface area contributed by atoms with Crippen LogP contribution in [0.5, 0.6) is 0 Å². The van der Waals surface area contributed by atoms with Crippen molar-refractivity contribution in [1.29, 1.82) is 0 Å². The number of nitrogen functional groups attached to an aromatic ring is 1. The summed E-state index contributed by atoms with van der Waals surface area (Å²) >= 11 is 0. The number of sulfonamides is 1. The number of primary sulfonamides is 1. The summed E-state index contributed by atoms with van der Waals surface area (Å²) in [5.41, 5.74) is 8.34. The van der Waals surface area contributed by atoms with Crippen molar-refractivity contribution in [2.24, 2.45) is 5.14 Å². The molecule has 90 valence electrons. The van der Waals surface area contributed by atoms with Gasteiger partial charge in [-0.05, 0) is 25.0 Å². The van der Waals surface area contributed by atoms with Crippen molar-refractivity contribution in [3.05, 3.63) is 23.8 Å². The fourth-order valence-electron chi connectivity index (χ4n) is 1.42. The first kappa shape index (κ1) is 12.8. The van der Waals surface area contributed by atoms with Gasteiger partial charge in [-0.15, -0.1) is 0 Å². The Kier molecular flexibility index (Phi) is 4.14. The molecule has 0 aliphatic rings. The molecule has 1 rings (SSSR count). The third-order valence-electron chi connectivity index (χ3n) is 2.21. The second kappa shape index (κ2) is 5.18. The molecule has 0 saturated heterocycles. The van der Waals surface area contributed by atoms with Gasteiger partial charge in [-0.3, -0.25) is 0 Å². The molecule has 1 aromatic rings. The average molecular weight is 243 g/mol. The van der Waals surface area contributed by atoms with Crippen LogP contribution in [0.4, 0.5) is 11.4 Å². The highest BCUT2D eigenvalue weighted by atomic mass is 32.2. The number of hydrogen-bond acceptors (Lipinski definition) is 4. The SMILES string of the molecule is Cc1cccc(N)c1NCCCS(N)(=O)=O. The second-order valence-corrected chi connectivity index (χ2v) is 5.42. The van der Waals surface area contributed by atoms with Gasteiger partial charge in [0.1, 0.15) is 0 Å². The molecule has 0 bridgehead atoms. The summed E-state index contributed by atoms with van der Waals surface area (Å²) in [6, 6.07) is 5.62. The van der Waals surface area contributed by atoms with E-state index >= 15 is 0 Å². The quantitative estimate of drug-likeness (QED) is 0.523. The molecule has 0 spiro atoms. The molecule has 0 aliphatic carbocycles. The molecule has 16 heavy (non-hydrogen) atoms. The van der Waals surface area contributed by atoms with Crippen LogP contribution < -0.4 is 16.2 Å². The summed E-state index contributed by atoms with van der Waals surface area (Å²) in [6.07, 6.45) is 0.465. The van der Waals surface area contributed by atoms with Crippen LogP contribution in [0.2, 0.25) is 0 Å². The summed E-state index contributed by atoms with van der Waals surface area (Å²) in [7, 11) is -3.37. The van der Waals surface area contributed by atoms with Crippen molar-refractivity contribution in [3.8, 4) is 0 Å². The molecular weight excluding hydrogens is 226 g/mol. The van der Waals surface area contributed by atoms with E-state index in [1.807, 2.05) is 19.1 Å². The molecule has 6 heteroatoms. The standard InChI is InChI=1S/C10H17N3O2S/c1-8-4-2-5-9(11)10(8)13-6-3-7-16(12,14)15/h2,4-5,13H,3,6-7,11H2,1H3,(H2,12,14,15). The number of rotatable bonds is 5. The van der Waals surface area contributed by atoms with Crippen LogP contribution in [-0.2, 0) is 10.0 Å². The van der Waals surface area contributed by atoms with Crippen molar-refractivity contribution in [1.82, 2.24) is 0 Å². The van der Waals surface area contributed by atoms with Crippen LogP contribution in [0.15, 0.2) is 18.2 Å². The van der Waals surface area contributed by atoms with Crippen molar-refractivity contribution >= 4 is 21.4 Å². The Labute approximate surface area is 95.9 Å². The first-order valence-electron chi connectivity index (χ1n) is 4.99. The maximum Gasteiger partial charge on any atom is 0.209 e. The molecule has 0 amide bonds. The molecule has 0 saturated carbocycles. The van der Waals surface area contributed by atoms with Gasteiger partial charge in [-0.1, -0.05) is 12.1 Å². The number of anilines is 2. The second-order valence-electron chi connectivity index (χ2n) is 3.69. The van der Waals surface area contributed by atoms with Gasteiger partial charge in [0.15, 0.2) is 0 Å². The fourth-order valence-corrected chi connectivity index (χ4v) is 1.97. The summed E-state index contributed by atoms with van der Waals surface area (Å²) in [4.78, 5) is 0. The molecular formula is C10H17N3O2S. The minimum absolute atomic E-state index is 0.0220. The van der Waals surface area contributed by atoms with Gasteiger partial charge >= 0.3 is 0 Å². The predicted molar refractivity (Wildman–Crippen MR) is 66.7 cm³/mol. The molecule has 0 radical (unpaired) electrons. The molecule has 0 atom stereocenters. The Balaban J connectivity index is 2.49. The van der Waals surface area contributed by atoms with Crippen LogP contribution in [0.25, 0.3) is 0 Å². The van der Waals surface area contributed by atoms with Gasteiger partial charge in [-0.25, -0.2) is 13.6 Å². The smallest absolute Gasteiger partial charge is 0.209 e. The number of nitrogens with one attached hydrogen (secondary N) is 1. The van der Waals surface area contributed by atoms with Gasteiger partial charge in [0.25, 0.3) is 0 Å². The Morgan fingerprint density at radius 1 is 1.38 bits per heavy atom. The minimum atomic E-state index is -3.37. The summed E-state index contributed by atoms with van der Waals surface area (Å²) in [5, 5.41) is 8.00. The van der Waals surface area contributed by atoms with Crippen LogP contribution in [0, 0.1) is 6.92 Å². The highest BCUT2D eigenvalue weighted by molar-refractivity contribution is 7.89. The Morgan fingerprint density at radius 2 is 2.06 bits per heavy atom. The van der Waals surface area contributed by atoms with E-state index in [1.54, 1.807) is 6.07 Å². The van der Waals surface area contributed by atoms with E-state index in [0.29, 0.717) is 18.7 Å². The summed E-state index contributed by atoms with van der Waals surface area (Å²) < 4.78 is 21.4. The van der Waals surface area contributed by atoms with E-state index in [2.05, 4.69) is 5.32 Å². The van der Waals surface area contributed by atoms with Gasteiger partial charge in [0.05, 0.1) is 17.1 Å². The van der Waals surface area contributed by atoms with E-state index in [-0.39, 0.29) is 5.75 Å². The number of para-hydroxylation sites is 1. The monoisotopic (exact) mass is 243 g/mol. The number of hydrogen-bond donors (Lipinski definition) is 3. The topological polar surface area (TPSA) is 98.2 Å². The molecule has 5 N–H and O–H groups in total. The lowest BCUT2D eigenvalue weighted by molar-refractivity contribution is 0.596. The summed E-state index contributed by atoms with van der Waals surface area (Å²) in [6.45, 7) is 2.48. The van der Waals surface area contributed by atoms with Gasteiger partial charge in [0.2, 0.25) is 10.0 Å². The van der Waals surface area contributed by atoms with Crippen LogP contribution >= 0.6 is 0 Å². The third kappa shape index (κ3) is 4.08. The average Bonchev–Trinajstić information content (AvgIpc) is 2.14. The number of aryl methyl sites for hydroxylation is 1. The van der Waals surface area contributed by atoms with Gasteiger partial charge in [0, 0.05) is 6.54 Å². The molecule has 0 aromatic heterocycles. The summed E-state index contributed by atoms with van der Waals surface area (Å²) in [5.74, 6) is -0.0220. The van der Waals surface area contributed by atoms with Gasteiger partial charge in [-0.2, -0.15) is 0 Å². The first-order chi connectivity index (χ1) is 7.40.